The van der Waals surface area contributed by atoms with Gasteiger partial charge < -0.3 is 19.5 Å². The molecule has 0 spiro atoms. The Balaban J connectivity index is 1.62. The second-order valence-electron chi connectivity index (χ2n) is 5.27. The molecule has 0 radical (unpaired) electrons. The monoisotopic (exact) mass is 327 g/mol. The first-order valence-corrected chi connectivity index (χ1v) is 7.35. The van der Waals surface area contributed by atoms with Crippen molar-refractivity contribution in [3.05, 3.63) is 48.0 Å². The Labute approximate surface area is 137 Å². The fraction of sp³-hybridized carbons (Fsp3) is 0.176. The number of halogens is 1. The Morgan fingerprint density at radius 2 is 2.04 bits per heavy atom. The Morgan fingerprint density at radius 3 is 2.92 bits per heavy atom. The van der Waals surface area contributed by atoms with Gasteiger partial charge in [0, 0.05) is 18.0 Å². The summed E-state index contributed by atoms with van der Waals surface area (Å²) in [6, 6.07) is 8.66. The van der Waals surface area contributed by atoms with Crippen molar-refractivity contribution in [3.63, 3.8) is 0 Å². The third-order valence-corrected chi connectivity index (χ3v) is 3.81. The lowest BCUT2D eigenvalue weighted by molar-refractivity contribution is 0.174. The van der Waals surface area contributed by atoms with E-state index in [4.69, 9.17) is 14.2 Å². The van der Waals surface area contributed by atoms with Crippen LogP contribution in [-0.2, 0) is 6.54 Å². The quantitative estimate of drug-likeness (QED) is 0.794. The molecule has 0 bridgehead atoms. The normalized spacial score (nSPS) is 12.4. The van der Waals surface area contributed by atoms with Crippen LogP contribution in [0.1, 0.15) is 5.56 Å². The smallest absolute Gasteiger partial charge is 0.231 e. The van der Waals surface area contributed by atoms with Crippen molar-refractivity contribution in [1.29, 1.82) is 0 Å². The minimum Gasteiger partial charge on any atom is -0.494 e. The van der Waals surface area contributed by atoms with E-state index in [0.29, 0.717) is 23.3 Å². The molecule has 1 aliphatic rings. The van der Waals surface area contributed by atoms with Crippen LogP contribution in [0, 0.1) is 5.82 Å². The van der Waals surface area contributed by atoms with Crippen molar-refractivity contribution >= 4 is 16.7 Å². The van der Waals surface area contributed by atoms with E-state index in [9.17, 15) is 4.39 Å². The van der Waals surface area contributed by atoms with Crippen LogP contribution in [0.5, 0.6) is 17.2 Å². The molecular weight excluding hydrogens is 313 g/mol. The van der Waals surface area contributed by atoms with Gasteiger partial charge in [0.2, 0.25) is 6.79 Å². The topological polar surface area (TPSA) is 65.5 Å². The number of methoxy groups -OCH3 is 1. The van der Waals surface area contributed by atoms with Gasteiger partial charge in [0.1, 0.15) is 12.1 Å². The zero-order chi connectivity index (χ0) is 16.5. The first-order chi connectivity index (χ1) is 11.7. The lowest BCUT2D eigenvalue weighted by Gasteiger charge is -2.10. The number of nitrogens with zero attached hydrogens (tertiary/aromatic N) is 2. The third kappa shape index (κ3) is 2.54. The largest absolute Gasteiger partial charge is 0.494 e. The van der Waals surface area contributed by atoms with Crippen LogP contribution < -0.4 is 19.5 Å². The Morgan fingerprint density at radius 1 is 1.17 bits per heavy atom. The number of fused-ring (bicyclic) bond motifs is 2. The first kappa shape index (κ1) is 14.5. The van der Waals surface area contributed by atoms with Gasteiger partial charge >= 0.3 is 0 Å². The summed E-state index contributed by atoms with van der Waals surface area (Å²) in [5.74, 6) is 1.78. The lowest BCUT2D eigenvalue weighted by atomic mass is 10.2. The zero-order valence-electron chi connectivity index (χ0n) is 12.9. The molecule has 2 heterocycles. The molecule has 0 atom stereocenters. The van der Waals surface area contributed by atoms with Crippen LogP contribution in [0.15, 0.2) is 36.7 Å². The van der Waals surface area contributed by atoms with Crippen LogP contribution in [0.25, 0.3) is 10.9 Å². The molecule has 1 aliphatic heterocycles. The van der Waals surface area contributed by atoms with E-state index >= 15 is 0 Å². The number of benzene rings is 2. The van der Waals surface area contributed by atoms with Gasteiger partial charge in [-0.25, -0.2) is 14.4 Å². The highest BCUT2D eigenvalue weighted by Gasteiger charge is 2.14. The average molecular weight is 327 g/mol. The van der Waals surface area contributed by atoms with Gasteiger partial charge in [-0.05, 0) is 23.8 Å². The molecule has 2 aromatic carbocycles. The zero-order valence-corrected chi connectivity index (χ0v) is 12.9. The van der Waals surface area contributed by atoms with E-state index < -0.39 is 5.82 Å². The van der Waals surface area contributed by atoms with E-state index in [1.165, 1.54) is 19.5 Å². The van der Waals surface area contributed by atoms with Crippen molar-refractivity contribution < 1.29 is 18.6 Å². The second kappa shape index (κ2) is 5.84. The molecule has 0 aliphatic carbocycles. The average Bonchev–Trinajstić information content (AvgIpc) is 3.07. The van der Waals surface area contributed by atoms with Crippen LogP contribution in [0.2, 0.25) is 0 Å². The van der Waals surface area contributed by atoms with Crippen molar-refractivity contribution in [3.8, 4) is 17.2 Å². The molecule has 7 heteroatoms. The van der Waals surface area contributed by atoms with E-state index in [0.717, 1.165) is 17.1 Å². The predicted octanol–water partition coefficient (Wildman–Crippen LogP) is 3.12. The molecule has 0 saturated carbocycles. The molecule has 122 valence electrons. The number of nitrogens with one attached hydrogen (secondary N) is 1. The highest BCUT2D eigenvalue weighted by atomic mass is 19.1. The fourth-order valence-corrected chi connectivity index (χ4v) is 2.59. The maximum absolute atomic E-state index is 13.8. The minimum absolute atomic E-state index is 0.156. The number of hydrogen-bond donors (Lipinski definition) is 1. The van der Waals surface area contributed by atoms with Crippen molar-refractivity contribution in [2.45, 2.75) is 6.54 Å². The highest BCUT2D eigenvalue weighted by molar-refractivity contribution is 5.90. The summed E-state index contributed by atoms with van der Waals surface area (Å²) in [6.45, 7) is 0.774. The molecule has 0 saturated heterocycles. The maximum Gasteiger partial charge on any atom is 0.231 e. The summed E-state index contributed by atoms with van der Waals surface area (Å²) in [5, 5.41) is 3.93. The number of aromatic nitrogens is 2. The van der Waals surface area contributed by atoms with Crippen LogP contribution in [0.3, 0.4) is 0 Å². The number of rotatable bonds is 4. The van der Waals surface area contributed by atoms with E-state index in [1.54, 1.807) is 6.07 Å². The third-order valence-electron chi connectivity index (χ3n) is 3.81. The number of hydrogen-bond acceptors (Lipinski definition) is 6. The number of anilines is 1. The summed E-state index contributed by atoms with van der Waals surface area (Å²) < 4.78 is 29.5. The van der Waals surface area contributed by atoms with Crippen LogP contribution >= 0.6 is 0 Å². The molecule has 24 heavy (non-hydrogen) atoms. The first-order valence-electron chi connectivity index (χ1n) is 7.35. The van der Waals surface area contributed by atoms with Crippen LogP contribution in [0.4, 0.5) is 10.2 Å². The Bertz CT molecular complexity index is 917. The van der Waals surface area contributed by atoms with E-state index in [2.05, 4.69) is 15.3 Å². The molecule has 0 fully saturated rings. The Hall–Kier alpha value is -3.09. The number of ether oxygens (including phenoxy) is 3. The van der Waals surface area contributed by atoms with Crippen LogP contribution in [-0.4, -0.2) is 23.9 Å². The summed E-state index contributed by atoms with van der Waals surface area (Å²) >= 11 is 0. The van der Waals surface area contributed by atoms with Gasteiger partial charge in [0.15, 0.2) is 23.1 Å². The summed E-state index contributed by atoms with van der Waals surface area (Å²) in [5.41, 5.74) is 1.52. The van der Waals surface area contributed by atoms with E-state index in [1.807, 2.05) is 18.2 Å². The minimum atomic E-state index is -0.453. The SMILES string of the molecule is COc1cc2c(NCc3ccc4c(c3)OCO4)ncnc2cc1F. The lowest BCUT2D eigenvalue weighted by Crippen LogP contribution is -2.03. The van der Waals surface area contributed by atoms with Gasteiger partial charge in [-0.15, -0.1) is 0 Å². The standard InChI is InChI=1S/C17H14FN3O3/c1-22-15-5-11-13(6-12(15)18)20-8-21-17(11)19-7-10-2-3-14-16(4-10)24-9-23-14/h2-6,8H,7,9H2,1H3,(H,19,20,21). The van der Waals surface area contributed by atoms with Gasteiger partial charge in [0.25, 0.3) is 0 Å². The predicted molar refractivity (Wildman–Crippen MR) is 85.9 cm³/mol. The molecule has 0 amide bonds. The molecule has 6 nitrogen and oxygen atoms in total. The molecule has 0 unspecified atom stereocenters. The Kier molecular flexibility index (Phi) is 3.53. The fourth-order valence-electron chi connectivity index (χ4n) is 2.59. The highest BCUT2D eigenvalue weighted by Crippen LogP contribution is 2.33. The van der Waals surface area contributed by atoms with Crippen molar-refractivity contribution in [2.24, 2.45) is 0 Å². The molecular formula is C17H14FN3O3. The van der Waals surface area contributed by atoms with Gasteiger partial charge in [-0.3, -0.25) is 0 Å². The van der Waals surface area contributed by atoms with Gasteiger partial charge in [-0.2, -0.15) is 0 Å². The molecule has 3 aromatic rings. The van der Waals surface area contributed by atoms with Crippen molar-refractivity contribution in [1.82, 2.24) is 9.97 Å². The molecule has 1 N–H and O–H groups in total. The summed E-state index contributed by atoms with van der Waals surface area (Å²) in [4.78, 5) is 8.34. The molecule has 4 rings (SSSR count). The van der Waals surface area contributed by atoms with Gasteiger partial charge in [0.05, 0.1) is 12.6 Å². The molecule has 1 aromatic heterocycles. The second-order valence-corrected chi connectivity index (χ2v) is 5.27. The summed E-state index contributed by atoms with van der Waals surface area (Å²) in [6.07, 6.45) is 1.40. The summed E-state index contributed by atoms with van der Waals surface area (Å²) in [7, 11) is 1.42. The van der Waals surface area contributed by atoms with Crippen molar-refractivity contribution in [2.75, 3.05) is 19.2 Å². The maximum atomic E-state index is 13.8. The van der Waals surface area contributed by atoms with E-state index in [-0.39, 0.29) is 12.5 Å². The van der Waals surface area contributed by atoms with Gasteiger partial charge in [-0.1, -0.05) is 6.07 Å².